The molecule has 2 aromatic rings. The Balaban J connectivity index is 2.58. The van der Waals surface area contributed by atoms with Gasteiger partial charge in [-0.2, -0.15) is 0 Å². The Hall–Kier alpha value is -1.05. The lowest BCUT2D eigenvalue weighted by molar-refractivity contribution is 1.29. The number of halogens is 2. The van der Waals surface area contributed by atoms with E-state index < -0.39 is 0 Å². The lowest BCUT2D eigenvalue weighted by atomic mass is 10.1. The summed E-state index contributed by atoms with van der Waals surface area (Å²) in [7, 11) is 0. The summed E-state index contributed by atoms with van der Waals surface area (Å²) in [5.74, 6) is 0. The molecule has 0 N–H and O–H groups in total. The van der Waals surface area contributed by atoms with E-state index in [2.05, 4.69) is 4.98 Å². The summed E-state index contributed by atoms with van der Waals surface area (Å²) in [6, 6.07) is 9.30. The van der Waals surface area contributed by atoms with Crippen molar-refractivity contribution in [3.63, 3.8) is 0 Å². The van der Waals surface area contributed by atoms with Gasteiger partial charge in [0.15, 0.2) is 0 Å². The molecule has 1 heterocycles. The lowest BCUT2D eigenvalue weighted by Crippen LogP contribution is -1.85. The molecule has 0 aliphatic heterocycles. The van der Waals surface area contributed by atoms with E-state index in [1.807, 2.05) is 25.1 Å². The molecule has 1 aromatic carbocycles. The summed E-state index contributed by atoms with van der Waals surface area (Å²) in [6.07, 6.45) is 1.77. The molecule has 0 bridgehead atoms. The van der Waals surface area contributed by atoms with E-state index in [-0.39, 0.29) is 0 Å². The van der Waals surface area contributed by atoms with Gasteiger partial charge < -0.3 is 0 Å². The van der Waals surface area contributed by atoms with Gasteiger partial charge in [-0.05, 0) is 42.8 Å². The molecule has 15 heavy (non-hydrogen) atoms. The molecule has 1 nitrogen and oxygen atoms in total. The minimum absolute atomic E-state index is 0.664. The second kappa shape index (κ2) is 4.21. The van der Waals surface area contributed by atoms with Crippen molar-refractivity contribution < 1.29 is 0 Å². The normalized spacial score (nSPS) is 10.3. The van der Waals surface area contributed by atoms with Gasteiger partial charge in [0.25, 0.3) is 0 Å². The zero-order valence-corrected chi connectivity index (χ0v) is 9.68. The van der Waals surface area contributed by atoms with Gasteiger partial charge in [0.2, 0.25) is 0 Å². The quantitative estimate of drug-likeness (QED) is 0.719. The number of benzene rings is 1. The maximum atomic E-state index is 6.08. The van der Waals surface area contributed by atoms with Crippen molar-refractivity contribution in [2.45, 2.75) is 6.92 Å². The molecule has 0 saturated heterocycles. The van der Waals surface area contributed by atoms with Crippen molar-refractivity contribution >= 4 is 23.2 Å². The fourth-order valence-electron chi connectivity index (χ4n) is 1.38. The van der Waals surface area contributed by atoms with E-state index in [1.165, 1.54) is 0 Å². The van der Waals surface area contributed by atoms with Crippen molar-refractivity contribution in [1.29, 1.82) is 0 Å². The first-order chi connectivity index (χ1) is 7.16. The van der Waals surface area contributed by atoms with E-state index in [1.54, 1.807) is 18.3 Å². The Bertz CT molecular complexity index is 495. The van der Waals surface area contributed by atoms with E-state index in [0.29, 0.717) is 10.0 Å². The van der Waals surface area contributed by atoms with Gasteiger partial charge >= 0.3 is 0 Å². The second-order valence-corrected chi connectivity index (χ2v) is 4.19. The average Bonchev–Trinajstić information content (AvgIpc) is 2.22. The number of aryl methyl sites for hydroxylation is 1. The summed E-state index contributed by atoms with van der Waals surface area (Å²) in [5.41, 5.74) is 2.87. The monoisotopic (exact) mass is 237 g/mol. The van der Waals surface area contributed by atoms with Gasteiger partial charge in [0.05, 0.1) is 10.7 Å². The van der Waals surface area contributed by atoms with Gasteiger partial charge in [0, 0.05) is 16.8 Å². The van der Waals surface area contributed by atoms with Gasteiger partial charge in [-0.1, -0.05) is 23.2 Å². The van der Waals surface area contributed by atoms with Crippen LogP contribution in [0.5, 0.6) is 0 Å². The minimum atomic E-state index is 0.664. The molecule has 0 aliphatic carbocycles. The maximum Gasteiger partial charge on any atom is 0.0720 e. The third-order valence-corrected chi connectivity index (χ3v) is 2.68. The van der Waals surface area contributed by atoms with Crippen LogP contribution >= 0.6 is 23.2 Å². The first-order valence-corrected chi connectivity index (χ1v) is 5.30. The Morgan fingerprint density at radius 3 is 2.60 bits per heavy atom. The van der Waals surface area contributed by atoms with E-state index in [4.69, 9.17) is 23.2 Å². The molecule has 0 spiro atoms. The van der Waals surface area contributed by atoms with Crippen LogP contribution in [0.1, 0.15) is 5.56 Å². The molecule has 0 radical (unpaired) electrons. The number of pyridine rings is 1. The standard InChI is InChI=1S/C12H9Cl2N/c1-8-4-5-15-12(6-8)10-7-9(13)2-3-11(10)14/h2-7H,1H3. The fourth-order valence-corrected chi connectivity index (χ4v) is 1.76. The van der Waals surface area contributed by atoms with E-state index in [0.717, 1.165) is 16.8 Å². The predicted molar refractivity (Wildman–Crippen MR) is 64.4 cm³/mol. The van der Waals surface area contributed by atoms with Crippen LogP contribution in [-0.2, 0) is 0 Å². The highest BCUT2D eigenvalue weighted by atomic mass is 35.5. The van der Waals surface area contributed by atoms with Crippen LogP contribution in [0.25, 0.3) is 11.3 Å². The molecule has 0 aliphatic rings. The molecule has 0 atom stereocenters. The van der Waals surface area contributed by atoms with E-state index in [9.17, 15) is 0 Å². The largest absolute Gasteiger partial charge is 0.256 e. The summed E-state index contributed by atoms with van der Waals surface area (Å²) < 4.78 is 0. The highest BCUT2D eigenvalue weighted by Gasteiger charge is 2.05. The van der Waals surface area contributed by atoms with Crippen LogP contribution in [0, 0.1) is 6.92 Å². The van der Waals surface area contributed by atoms with E-state index >= 15 is 0 Å². The topological polar surface area (TPSA) is 12.9 Å². The SMILES string of the molecule is Cc1ccnc(-c2cc(Cl)ccc2Cl)c1. The Morgan fingerprint density at radius 1 is 1.07 bits per heavy atom. The highest BCUT2D eigenvalue weighted by Crippen LogP contribution is 2.29. The van der Waals surface area contributed by atoms with Crippen molar-refractivity contribution in [1.82, 2.24) is 4.98 Å². The number of rotatable bonds is 1. The lowest BCUT2D eigenvalue weighted by Gasteiger charge is -2.04. The van der Waals surface area contributed by atoms with Crippen molar-refractivity contribution in [3.05, 3.63) is 52.1 Å². The van der Waals surface area contributed by atoms with Gasteiger partial charge in [-0.3, -0.25) is 4.98 Å². The number of nitrogens with zero attached hydrogens (tertiary/aromatic N) is 1. The molecule has 3 heteroatoms. The van der Waals surface area contributed by atoms with Crippen molar-refractivity contribution in [2.24, 2.45) is 0 Å². The molecule has 0 fully saturated rings. The smallest absolute Gasteiger partial charge is 0.0720 e. The first kappa shape index (κ1) is 10.5. The van der Waals surface area contributed by atoms with Crippen LogP contribution in [0.2, 0.25) is 10.0 Å². The third-order valence-electron chi connectivity index (χ3n) is 2.12. The molecule has 2 rings (SSSR count). The van der Waals surface area contributed by atoms with Crippen LogP contribution in [0.3, 0.4) is 0 Å². The highest BCUT2D eigenvalue weighted by molar-refractivity contribution is 6.35. The predicted octanol–water partition coefficient (Wildman–Crippen LogP) is 4.36. The molecule has 0 amide bonds. The van der Waals surface area contributed by atoms with Gasteiger partial charge in [-0.15, -0.1) is 0 Å². The van der Waals surface area contributed by atoms with Crippen molar-refractivity contribution in [3.8, 4) is 11.3 Å². The summed E-state index contributed by atoms with van der Waals surface area (Å²) >= 11 is 12.0. The molecule has 76 valence electrons. The summed E-state index contributed by atoms with van der Waals surface area (Å²) in [4.78, 5) is 4.27. The molecule has 0 unspecified atom stereocenters. The summed E-state index contributed by atoms with van der Waals surface area (Å²) in [6.45, 7) is 2.02. The fraction of sp³-hybridized carbons (Fsp3) is 0.0833. The van der Waals surface area contributed by atoms with Crippen LogP contribution in [-0.4, -0.2) is 4.98 Å². The van der Waals surface area contributed by atoms with Crippen LogP contribution in [0.15, 0.2) is 36.5 Å². The Morgan fingerprint density at radius 2 is 1.87 bits per heavy atom. The molecule has 0 saturated carbocycles. The zero-order valence-electron chi connectivity index (χ0n) is 8.17. The summed E-state index contributed by atoms with van der Waals surface area (Å²) in [5, 5.41) is 1.33. The van der Waals surface area contributed by atoms with Gasteiger partial charge in [-0.25, -0.2) is 0 Å². The number of aromatic nitrogens is 1. The average molecular weight is 238 g/mol. The number of hydrogen-bond donors (Lipinski definition) is 0. The number of hydrogen-bond acceptors (Lipinski definition) is 1. The third kappa shape index (κ3) is 2.31. The molecule has 1 aromatic heterocycles. The molecular formula is C12H9Cl2N. The Kier molecular flexibility index (Phi) is 2.94. The zero-order chi connectivity index (χ0) is 10.8. The second-order valence-electron chi connectivity index (χ2n) is 3.34. The van der Waals surface area contributed by atoms with Crippen molar-refractivity contribution in [2.75, 3.05) is 0 Å². The van der Waals surface area contributed by atoms with Gasteiger partial charge in [0.1, 0.15) is 0 Å². The van der Waals surface area contributed by atoms with Crippen LogP contribution in [0.4, 0.5) is 0 Å². The Labute approximate surface area is 98.7 Å². The maximum absolute atomic E-state index is 6.08. The molecular weight excluding hydrogens is 229 g/mol. The van der Waals surface area contributed by atoms with Crippen LogP contribution < -0.4 is 0 Å². The first-order valence-electron chi connectivity index (χ1n) is 4.55. The minimum Gasteiger partial charge on any atom is -0.256 e.